The molecule has 1 amide bonds. The monoisotopic (exact) mass is 343 g/mol. The number of carbonyl (C=O) groups excluding carboxylic acids is 1. The summed E-state index contributed by atoms with van der Waals surface area (Å²) >= 11 is 0. The smallest absolute Gasteiger partial charge is 0.326 e. The molecule has 0 spiro atoms. The number of carbonyl (C=O) groups is 2. The highest BCUT2D eigenvalue weighted by Crippen LogP contribution is 2.12. The lowest BCUT2D eigenvalue weighted by Gasteiger charge is -2.18. The molecule has 0 heterocycles. The first-order valence-corrected chi connectivity index (χ1v) is 8.27. The second-order valence-electron chi connectivity index (χ2n) is 6.16. The highest BCUT2D eigenvalue weighted by molar-refractivity contribution is 5.85. The second kappa shape index (κ2) is 8.97. The average Bonchev–Trinajstić information content (AvgIpc) is 2.60. The molecule has 2 unspecified atom stereocenters. The third kappa shape index (κ3) is 6.03. The minimum atomic E-state index is -1.06. The van der Waals surface area contributed by atoms with Crippen LogP contribution in [0.4, 0.5) is 4.39 Å². The number of carboxylic acids is 1. The number of nitrogens with one attached hydrogen (secondary N) is 1. The lowest BCUT2D eigenvalue weighted by molar-refractivity contribution is -0.142. The van der Waals surface area contributed by atoms with Gasteiger partial charge in [-0.2, -0.15) is 0 Å². The first-order valence-electron chi connectivity index (χ1n) is 8.27. The Hall–Kier alpha value is -2.69. The van der Waals surface area contributed by atoms with Crippen LogP contribution in [0.1, 0.15) is 24.5 Å². The molecule has 0 aliphatic heterocycles. The first-order chi connectivity index (χ1) is 12.0. The van der Waals surface area contributed by atoms with Crippen molar-refractivity contribution in [2.45, 2.75) is 32.2 Å². The highest BCUT2D eigenvalue weighted by atomic mass is 19.1. The zero-order valence-corrected chi connectivity index (χ0v) is 14.1. The zero-order chi connectivity index (χ0) is 18.2. The van der Waals surface area contributed by atoms with E-state index in [0.29, 0.717) is 12.8 Å². The fraction of sp³-hybridized carbons (Fsp3) is 0.300. The van der Waals surface area contributed by atoms with Crippen LogP contribution in [0.3, 0.4) is 0 Å². The van der Waals surface area contributed by atoms with Crippen LogP contribution in [0.15, 0.2) is 54.6 Å². The van der Waals surface area contributed by atoms with Crippen molar-refractivity contribution in [1.82, 2.24) is 5.32 Å². The van der Waals surface area contributed by atoms with Crippen molar-refractivity contribution >= 4 is 11.9 Å². The molecule has 0 saturated heterocycles. The van der Waals surface area contributed by atoms with Crippen LogP contribution in [0.2, 0.25) is 0 Å². The molecule has 2 rings (SSSR count). The van der Waals surface area contributed by atoms with Gasteiger partial charge in [0.15, 0.2) is 0 Å². The number of hydrogen-bond donors (Lipinski definition) is 2. The van der Waals surface area contributed by atoms with Crippen LogP contribution < -0.4 is 5.32 Å². The number of amides is 1. The molecule has 0 fully saturated rings. The van der Waals surface area contributed by atoms with Crippen molar-refractivity contribution in [3.8, 4) is 0 Å². The van der Waals surface area contributed by atoms with Gasteiger partial charge >= 0.3 is 5.97 Å². The zero-order valence-electron chi connectivity index (χ0n) is 14.1. The number of aliphatic carboxylic acids is 1. The average molecular weight is 343 g/mol. The van der Waals surface area contributed by atoms with E-state index < -0.39 is 12.0 Å². The summed E-state index contributed by atoms with van der Waals surface area (Å²) in [7, 11) is 0. The summed E-state index contributed by atoms with van der Waals surface area (Å²) in [6.45, 7) is 1.75. The molecule has 25 heavy (non-hydrogen) atoms. The Morgan fingerprint density at radius 2 is 1.76 bits per heavy atom. The molecule has 0 bridgehead atoms. The maximum absolute atomic E-state index is 13.2. The lowest BCUT2D eigenvalue weighted by Crippen LogP contribution is -2.44. The molecular weight excluding hydrogens is 321 g/mol. The third-order valence-electron chi connectivity index (χ3n) is 4.10. The third-order valence-corrected chi connectivity index (χ3v) is 4.10. The van der Waals surface area contributed by atoms with E-state index in [2.05, 4.69) is 5.32 Å². The van der Waals surface area contributed by atoms with E-state index in [1.807, 2.05) is 36.4 Å². The minimum absolute atomic E-state index is 0.235. The molecule has 2 aromatic carbocycles. The van der Waals surface area contributed by atoms with Crippen LogP contribution in [-0.4, -0.2) is 23.0 Å². The molecule has 0 radical (unpaired) electrons. The van der Waals surface area contributed by atoms with Gasteiger partial charge in [0.1, 0.15) is 11.9 Å². The molecule has 0 aliphatic carbocycles. The van der Waals surface area contributed by atoms with Gasteiger partial charge in [0, 0.05) is 12.3 Å². The molecule has 2 N–H and O–H groups in total. The van der Waals surface area contributed by atoms with Gasteiger partial charge in [0.05, 0.1) is 0 Å². The number of rotatable bonds is 8. The summed E-state index contributed by atoms with van der Waals surface area (Å²) in [5.74, 6) is -2.03. The lowest BCUT2D eigenvalue weighted by atomic mass is 9.99. The van der Waals surface area contributed by atoms with Crippen molar-refractivity contribution in [3.63, 3.8) is 0 Å². The van der Waals surface area contributed by atoms with Gasteiger partial charge in [-0.3, -0.25) is 4.79 Å². The summed E-state index contributed by atoms with van der Waals surface area (Å²) in [6.07, 6.45) is 1.31. The standard InChI is InChI=1S/C20H22FNO3/c1-14(10-11-16-8-5-9-17(21)12-16)19(23)22-18(20(24)25)13-15-6-3-2-4-7-15/h2-9,12,14,18H,10-11,13H2,1H3,(H,22,23)(H,24,25). The number of hydrogen-bond acceptors (Lipinski definition) is 2. The van der Waals surface area contributed by atoms with Gasteiger partial charge in [-0.25, -0.2) is 9.18 Å². The Morgan fingerprint density at radius 3 is 2.40 bits per heavy atom. The molecule has 5 heteroatoms. The maximum atomic E-state index is 13.2. The number of carboxylic acid groups (broad SMARTS) is 1. The van der Waals surface area contributed by atoms with Crippen LogP contribution in [-0.2, 0) is 22.4 Å². The van der Waals surface area contributed by atoms with Crippen molar-refractivity contribution in [2.75, 3.05) is 0 Å². The largest absolute Gasteiger partial charge is 0.480 e. The minimum Gasteiger partial charge on any atom is -0.480 e. The predicted octanol–water partition coefficient (Wildman–Crippen LogP) is 3.21. The van der Waals surface area contributed by atoms with E-state index in [-0.39, 0.29) is 24.1 Å². The Kier molecular flexibility index (Phi) is 6.69. The normalized spacial score (nSPS) is 13.0. The van der Waals surface area contributed by atoms with Crippen LogP contribution >= 0.6 is 0 Å². The summed E-state index contributed by atoms with van der Waals surface area (Å²) in [5.41, 5.74) is 1.67. The van der Waals surface area contributed by atoms with Crippen LogP contribution in [0, 0.1) is 11.7 Å². The Balaban J connectivity index is 1.90. The topological polar surface area (TPSA) is 66.4 Å². The van der Waals surface area contributed by atoms with Crippen LogP contribution in [0.5, 0.6) is 0 Å². The van der Waals surface area contributed by atoms with E-state index in [1.165, 1.54) is 12.1 Å². The van der Waals surface area contributed by atoms with Gasteiger partial charge in [-0.1, -0.05) is 49.4 Å². The van der Waals surface area contributed by atoms with Crippen LogP contribution in [0.25, 0.3) is 0 Å². The fourth-order valence-electron chi connectivity index (χ4n) is 2.57. The molecule has 0 aromatic heterocycles. The van der Waals surface area contributed by atoms with Crippen molar-refractivity contribution in [1.29, 1.82) is 0 Å². The Labute approximate surface area is 146 Å². The fourth-order valence-corrected chi connectivity index (χ4v) is 2.57. The predicted molar refractivity (Wildman–Crippen MR) is 93.6 cm³/mol. The van der Waals surface area contributed by atoms with Gasteiger partial charge in [-0.05, 0) is 36.1 Å². The highest BCUT2D eigenvalue weighted by Gasteiger charge is 2.23. The van der Waals surface area contributed by atoms with E-state index in [1.54, 1.807) is 13.0 Å². The van der Waals surface area contributed by atoms with Crippen molar-refractivity contribution in [2.24, 2.45) is 5.92 Å². The summed E-state index contributed by atoms with van der Waals surface area (Å²) < 4.78 is 13.2. The summed E-state index contributed by atoms with van der Waals surface area (Å²) in [6, 6.07) is 14.5. The molecular formula is C20H22FNO3. The molecule has 0 aliphatic rings. The molecule has 132 valence electrons. The van der Waals surface area contributed by atoms with Gasteiger partial charge in [0.25, 0.3) is 0 Å². The van der Waals surface area contributed by atoms with Gasteiger partial charge < -0.3 is 10.4 Å². The number of benzene rings is 2. The Morgan fingerprint density at radius 1 is 1.08 bits per heavy atom. The number of aryl methyl sites for hydroxylation is 1. The van der Waals surface area contributed by atoms with E-state index in [0.717, 1.165) is 11.1 Å². The number of halogens is 1. The van der Waals surface area contributed by atoms with Crippen molar-refractivity contribution < 1.29 is 19.1 Å². The molecule has 2 aromatic rings. The maximum Gasteiger partial charge on any atom is 0.326 e. The van der Waals surface area contributed by atoms with Gasteiger partial charge in [0.2, 0.25) is 5.91 Å². The van der Waals surface area contributed by atoms with E-state index in [4.69, 9.17) is 0 Å². The first kappa shape index (κ1) is 18.6. The van der Waals surface area contributed by atoms with E-state index in [9.17, 15) is 19.1 Å². The molecule has 2 atom stereocenters. The summed E-state index contributed by atoms with van der Waals surface area (Å²) in [4.78, 5) is 23.7. The van der Waals surface area contributed by atoms with Crippen molar-refractivity contribution in [3.05, 3.63) is 71.5 Å². The quantitative estimate of drug-likeness (QED) is 0.773. The SMILES string of the molecule is CC(CCc1cccc(F)c1)C(=O)NC(Cc1ccccc1)C(=O)O. The Bertz CT molecular complexity index is 718. The van der Waals surface area contributed by atoms with E-state index >= 15 is 0 Å². The van der Waals surface area contributed by atoms with Gasteiger partial charge in [-0.15, -0.1) is 0 Å². The second-order valence-corrected chi connectivity index (χ2v) is 6.16. The molecule has 0 saturated carbocycles. The molecule has 4 nitrogen and oxygen atoms in total. The summed E-state index contributed by atoms with van der Waals surface area (Å²) in [5, 5.41) is 11.9.